The van der Waals surface area contributed by atoms with Crippen LogP contribution in [0.5, 0.6) is 5.75 Å². The van der Waals surface area contributed by atoms with Crippen molar-refractivity contribution >= 4 is 39.1 Å². The Balaban J connectivity index is 1.35. The third-order valence-electron chi connectivity index (χ3n) is 6.81. The number of amides is 2. The fraction of sp³-hybridized carbons (Fsp3) is 0.500. The molecule has 0 atom stereocenters. The Morgan fingerprint density at radius 2 is 1.91 bits per heavy atom. The zero-order valence-electron chi connectivity index (χ0n) is 20.1. The number of unbranched alkanes of at least 4 members (excludes halogenated alkanes) is 1. The number of thiophene rings is 1. The first-order chi connectivity index (χ1) is 16.7. The van der Waals surface area contributed by atoms with Crippen molar-refractivity contribution in [2.75, 3.05) is 43.5 Å². The third kappa shape index (κ3) is 4.56. The van der Waals surface area contributed by atoms with Gasteiger partial charge in [0.1, 0.15) is 22.2 Å². The van der Waals surface area contributed by atoms with Gasteiger partial charge in [-0.2, -0.15) is 0 Å². The normalized spacial score (nSPS) is 15.9. The Morgan fingerprint density at radius 1 is 1.12 bits per heavy atom. The van der Waals surface area contributed by atoms with Gasteiger partial charge in [0.15, 0.2) is 0 Å². The van der Waals surface area contributed by atoms with E-state index in [0.29, 0.717) is 24.5 Å². The van der Waals surface area contributed by atoms with E-state index >= 15 is 0 Å². The SMILES string of the molecule is CCCCc1nc(N2CCN(C(=O)Nc3ccccc3OC)CC2)c2c3c(sc2n1)CCCC3. The molecule has 8 heteroatoms. The molecule has 5 rings (SSSR count). The van der Waals surface area contributed by atoms with Crippen molar-refractivity contribution in [1.82, 2.24) is 14.9 Å². The molecule has 3 heterocycles. The minimum absolute atomic E-state index is 0.0893. The van der Waals surface area contributed by atoms with E-state index in [1.165, 1.54) is 28.7 Å². The standard InChI is InChI=1S/C26H33N5O2S/c1-3-4-13-22-28-24(23-18-9-5-8-12-21(18)34-25(23)29-22)30-14-16-31(17-15-30)26(32)27-19-10-6-7-11-20(19)33-2/h6-7,10-11H,3-5,8-9,12-17H2,1-2H3,(H,27,32). The Hall–Kier alpha value is -2.87. The lowest BCUT2D eigenvalue weighted by Crippen LogP contribution is -2.50. The summed E-state index contributed by atoms with van der Waals surface area (Å²) in [6.45, 7) is 5.05. The van der Waals surface area contributed by atoms with Crippen LogP contribution >= 0.6 is 11.3 Å². The lowest BCUT2D eigenvalue weighted by molar-refractivity contribution is 0.208. The molecule has 180 valence electrons. The predicted molar refractivity (Wildman–Crippen MR) is 138 cm³/mol. The van der Waals surface area contributed by atoms with Crippen LogP contribution in [0.2, 0.25) is 0 Å². The number of aromatic nitrogens is 2. The van der Waals surface area contributed by atoms with Gasteiger partial charge < -0.3 is 19.9 Å². The van der Waals surface area contributed by atoms with Crippen LogP contribution in [0.1, 0.15) is 48.9 Å². The number of fused-ring (bicyclic) bond motifs is 3. The van der Waals surface area contributed by atoms with Gasteiger partial charge in [-0.25, -0.2) is 14.8 Å². The minimum Gasteiger partial charge on any atom is -0.495 e. The summed E-state index contributed by atoms with van der Waals surface area (Å²) in [4.78, 5) is 29.9. The molecule has 1 saturated heterocycles. The highest BCUT2D eigenvalue weighted by molar-refractivity contribution is 7.19. The van der Waals surface area contributed by atoms with E-state index in [0.717, 1.165) is 61.7 Å². The third-order valence-corrected chi connectivity index (χ3v) is 8.00. The number of anilines is 2. The molecule has 0 saturated carbocycles. The smallest absolute Gasteiger partial charge is 0.322 e. The number of hydrogen-bond acceptors (Lipinski definition) is 6. The highest BCUT2D eigenvalue weighted by Crippen LogP contribution is 2.40. The summed E-state index contributed by atoms with van der Waals surface area (Å²) in [7, 11) is 1.62. The maximum absolute atomic E-state index is 12.9. The van der Waals surface area contributed by atoms with Crippen molar-refractivity contribution in [3.8, 4) is 5.75 Å². The zero-order valence-corrected chi connectivity index (χ0v) is 20.9. The van der Waals surface area contributed by atoms with Crippen molar-refractivity contribution in [2.45, 2.75) is 51.9 Å². The van der Waals surface area contributed by atoms with Crippen LogP contribution < -0.4 is 15.0 Å². The van der Waals surface area contributed by atoms with Crippen LogP contribution in [0.3, 0.4) is 0 Å². The summed E-state index contributed by atoms with van der Waals surface area (Å²) in [6.07, 6.45) is 7.96. The number of para-hydroxylation sites is 2. The van der Waals surface area contributed by atoms with E-state index in [1.807, 2.05) is 40.5 Å². The molecule has 3 aromatic rings. The molecule has 1 fully saturated rings. The van der Waals surface area contributed by atoms with Gasteiger partial charge in [0.05, 0.1) is 18.2 Å². The number of benzene rings is 1. The van der Waals surface area contributed by atoms with Crippen LogP contribution in [0, 0.1) is 0 Å². The number of nitrogens with one attached hydrogen (secondary N) is 1. The minimum atomic E-state index is -0.0893. The van der Waals surface area contributed by atoms with E-state index in [-0.39, 0.29) is 6.03 Å². The van der Waals surface area contributed by atoms with E-state index in [1.54, 1.807) is 7.11 Å². The van der Waals surface area contributed by atoms with Crippen LogP contribution in [0.15, 0.2) is 24.3 Å². The number of urea groups is 1. The molecular weight excluding hydrogens is 446 g/mol. The number of carbonyl (C=O) groups excluding carboxylic acids is 1. The average molecular weight is 480 g/mol. The molecule has 1 aromatic carbocycles. The highest BCUT2D eigenvalue weighted by Gasteiger charge is 2.27. The number of hydrogen-bond donors (Lipinski definition) is 1. The number of piperazine rings is 1. The Morgan fingerprint density at radius 3 is 2.71 bits per heavy atom. The molecule has 1 aliphatic heterocycles. The second kappa shape index (κ2) is 10.2. The molecule has 7 nitrogen and oxygen atoms in total. The lowest BCUT2D eigenvalue weighted by atomic mass is 9.97. The molecule has 2 aliphatic rings. The fourth-order valence-electron chi connectivity index (χ4n) is 4.92. The number of aryl methyl sites for hydroxylation is 3. The summed E-state index contributed by atoms with van der Waals surface area (Å²) >= 11 is 1.87. The number of nitrogens with zero attached hydrogens (tertiary/aromatic N) is 4. The number of rotatable bonds is 6. The van der Waals surface area contributed by atoms with Gasteiger partial charge in [-0.3, -0.25) is 0 Å². The van der Waals surface area contributed by atoms with Gasteiger partial charge in [-0.15, -0.1) is 11.3 Å². The van der Waals surface area contributed by atoms with Crippen molar-refractivity contribution in [3.05, 3.63) is 40.5 Å². The molecule has 0 radical (unpaired) electrons. The van der Waals surface area contributed by atoms with Crippen molar-refractivity contribution in [3.63, 3.8) is 0 Å². The van der Waals surface area contributed by atoms with Crippen molar-refractivity contribution in [1.29, 1.82) is 0 Å². The predicted octanol–water partition coefficient (Wildman–Crippen LogP) is 5.28. The Bertz CT molecular complexity index is 1170. The summed E-state index contributed by atoms with van der Waals surface area (Å²) in [5.41, 5.74) is 2.17. The maximum Gasteiger partial charge on any atom is 0.322 e. The van der Waals surface area contributed by atoms with Crippen molar-refractivity contribution < 1.29 is 9.53 Å². The van der Waals surface area contributed by atoms with Gasteiger partial charge in [-0.05, 0) is 49.8 Å². The largest absolute Gasteiger partial charge is 0.495 e. The lowest BCUT2D eigenvalue weighted by Gasteiger charge is -2.36. The first-order valence-electron chi connectivity index (χ1n) is 12.4. The quantitative estimate of drug-likeness (QED) is 0.521. The topological polar surface area (TPSA) is 70.6 Å². The van der Waals surface area contributed by atoms with E-state index < -0.39 is 0 Å². The fourth-order valence-corrected chi connectivity index (χ4v) is 6.19. The second-order valence-corrected chi connectivity index (χ2v) is 10.1. The van der Waals surface area contributed by atoms with E-state index in [9.17, 15) is 4.79 Å². The number of methoxy groups -OCH3 is 1. The molecule has 1 N–H and O–H groups in total. The first kappa shape index (κ1) is 22.9. The van der Waals surface area contributed by atoms with Gasteiger partial charge in [0.2, 0.25) is 0 Å². The molecule has 0 unspecified atom stereocenters. The highest BCUT2D eigenvalue weighted by atomic mass is 32.1. The van der Waals surface area contributed by atoms with Crippen LogP contribution in [0.25, 0.3) is 10.2 Å². The second-order valence-electron chi connectivity index (χ2n) is 9.06. The maximum atomic E-state index is 12.9. The summed E-state index contributed by atoms with van der Waals surface area (Å²) in [5, 5.41) is 4.27. The Labute approximate surface area is 205 Å². The van der Waals surface area contributed by atoms with Gasteiger partial charge >= 0.3 is 6.03 Å². The zero-order chi connectivity index (χ0) is 23.5. The monoisotopic (exact) mass is 479 g/mol. The molecule has 2 aromatic heterocycles. The van der Waals surface area contributed by atoms with Gasteiger partial charge in [0.25, 0.3) is 0 Å². The van der Waals surface area contributed by atoms with Crippen molar-refractivity contribution in [2.24, 2.45) is 0 Å². The van der Waals surface area contributed by atoms with Crippen LogP contribution in [-0.2, 0) is 19.3 Å². The first-order valence-corrected chi connectivity index (χ1v) is 13.2. The van der Waals surface area contributed by atoms with Gasteiger partial charge in [0, 0.05) is 37.5 Å². The summed E-state index contributed by atoms with van der Waals surface area (Å²) in [6, 6.07) is 7.42. The molecule has 1 aliphatic carbocycles. The van der Waals surface area contributed by atoms with E-state index in [2.05, 4.69) is 17.1 Å². The molecule has 0 spiro atoms. The summed E-state index contributed by atoms with van der Waals surface area (Å²) < 4.78 is 5.37. The van der Waals surface area contributed by atoms with Crippen LogP contribution in [-0.4, -0.2) is 54.2 Å². The molecule has 2 amide bonds. The average Bonchev–Trinajstić information content (AvgIpc) is 3.26. The number of carbonyl (C=O) groups is 1. The molecular formula is C26H33N5O2S. The molecule has 34 heavy (non-hydrogen) atoms. The van der Waals surface area contributed by atoms with Gasteiger partial charge in [-0.1, -0.05) is 25.5 Å². The number of ether oxygens (including phenoxy) is 1. The summed E-state index contributed by atoms with van der Waals surface area (Å²) in [5.74, 6) is 2.71. The Kier molecular flexibility index (Phi) is 6.85. The molecule has 0 bridgehead atoms. The van der Waals surface area contributed by atoms with Crippen LogP contribution in [0.4, 0.5) is 16.3 Å². The van der Waals surface area contributed by atoms with E-state index in [4.69, 9.17) is 14.7 Å².